The Bertz CT molecular complexity index is 599. The first kappa shape index (κ1) is 13.6. The van der Waals surface area contributed by atoms with Crippen LogP contribution in [0.1, 0.15) is 44.1 Å². The topological polar surface area (TPSA) is 55.1 Å². The van der Waals surface area contributed by atoms with E-state index >= 15 is 0 Å². The van der Waals surface area contributed by atoms with Crippen molar-refractivity contribution in [1.82, 2.24) is 9.55 Å². The molecule has 0 atom stereocenters. The first-order valence-electron chi connectivity index (χ1n) is 6.68. The molecule has 0 aliphatic carbocycles. The number of fused-ring (bicyclic) bond motifs is 1. The van der Waals surface area contributed by atoms with E-state index in [0.717, 1.165) is 16.9 Å². The summed E-state index contributed by atoms with van der Waals surface area (Å²) < 4.78 is 2.20. The fourth-order valence-corrected chi connectivity index (χ4v) is 2.41. The number of imidazole rings is 1. The molecule has 102 valence electrons. The molecule has 2 rings (SSSR count). The zero-order valence-corrected chi connectivity index (χ0v) is 11.7. The van der Waals surface area contributed by atoms with Gasteiger partial charge in [-0.05, 0) is 44.9 Å². The summed E-state index contributed by atoms with van der Waals surface area (Å²) in [5.74, 6) is 0.236. The highest BCUT2D eigenvalue weighted by Gasteiger charge is 2.13. The van der Waals surface area contributed by atoms with Crippen LogP contribution in [0.2, 0.25) is 0 Å². The van der Waals surface area contributed by atoms with Gasteiger partial charge in [-0.25, -0.2) is 4.98 Å². The SMILES string of the molecule is Cc1ccc2c(c1)nc(CCCC(=O)O)n2C(C)C. The van der Waals surface area contributed by atoms with Crippen LogP contribution in [0.25, 0.3) is 11.0 Å². The number of aromatic nitrogens is 2. The molecule has 0 radical (unpaired) electrons. The van der Waals surface area contributed by atoms with Gasteiger partial charge in [-0.2, -0.15) is 0 Å². The highest BCUT2D eigenvalue weighted by molar-refractivity contribution is 5.77. The van der Waals surface area contributed by atoms with Crippen LogP contribution in [0.15, 0.2) is 18.2 Å². The summed E-state index contributed by atoms with van der Waals surface area (Å²) in [5.41, 5.74) is 3.32. The van der Waals surface area contributed by atoms with Gasteiger partial charge in [0.2, 0.25) is 0 Å². The highest BCUT2D eigenvalue weighted by Crippen LogP contribution is 2.23. The number of carboxylic acid groups (broad SMARTS) is 1. The minimum absolute atomic E-state index is 0.195. The van der Waals surface area contributed by atoms with E-state index in [2.05, 4.69) is 48.5 Å². The van der Waals surface area contributed by atoms with Gasteiger partial charge in [-0.1, -0.05) is 6.07 Å². The van der Waals surface area contributed by atoms with Crippen molar-refractivity contribution in [3.8, 4) is 0 Å². The molecule has 0 spiro atoms. The minimum Gasteiger partial charge on any atom is -0.481 e. The molecule has 1 N–H and O–H groups in total. The molecule has 0 aliphatic rings. The third-order valence-electron chi connectivity index (χ3n) is 3.23. The van der Waals surface area contributed by atoms with Gasteiger partial charge >= 0.3 is 5.97 Å². The van der Waals surface area contributed by atoms with E-state index < -0.39 is 5.97 Å². The first-order chi connectivity index (χ1) is 8.99. The maximum Gasteiger partial charge on any atom is 0.303 e. The summed E-state index contributed by atoms with van der Waals surface area (Å²) in [5, 5.41) is 8.72. The Balaban J connectivity index is 2.36. The third kappa shape index (κ3) is 2.95. The number of benzene rings is 1. The molecule has 1 aromatic carbocycles. The van der Waals surface area contributed by atoms with Crippen LogP contribution in [0.5, 0.6) is 0 Å². The van der Waals surface area contributed by atoms with Crippen LogP contribution in [0.3, 0.4) is 0 Å². The summed E-state index contributed by atoms with van der Waals surface area (Å²) >= 11 is 0. The molecule has 4 heteroatoms. The Labute approximate surface area is 113 Å². The standard InChI is InChI=1S/C15H20N2O2/c1-10(2)17-13-8-7-11(3)9-12(13)16-14(17)5-4-6-15(18)19/h7-10H,4-6H2,1-3H3,(H,18,19). The van der Waals surface area contributed by atoms with E-state index in [-0.39, 0.29) is 6.42 Å². The lowest BCUT2D eigenvalue weighted by Gasteiger charge is -2.12. The smallest absolute Gasteiger partial charge is 0.303 e. The number of hydrogen-bond acceptors (Lipinski definition) is 2. The first-order valence-corrected chi connectivity index (χ1v) is 6.68. The molecule has 0 fully saturated rings. The second-order valence-corrected chi connectivity index (χ2v) is 5.23. The molecule has 0 saturated carbocycles. The van der Waals surface area contributed by atoms with Gasteiger partial charge in [-0.3, -0.25) is 4.79 Å². The van der Waals surface area contributed by atoms with E-state index in [4.69, 9.17) is 5.11 Å². The van der Waals surface area contributed by atoms with Gasteiger partial charge in [0.15, 0.2) is 0 Å². The zero-order valence-electron chi connectivity index (χ0n) is 11.7. The molecule has 0 bridgehead atoms. The second kappa shape index (κ2) is 5.43. The molecule has 1 aromatic heterocycles. The number of hydrogen-bond donors (Lipinski definition) is 1. The number of nitrogens with zero attached hydrogens (tertiary/aromatic N) is 2. The molecular weight excluding hydrogens is 240 g/mol. The molecule has 4 nitrogen and oxygen atoms in total. The molecule has 0 unspecified atom stereocenters. The van der Waals surface area contributed by atoms with Gasteiger partial charge in [0.05, 0.1) is 11.0 Å². The molecular formula is C15H20N2O2. The summed E-state index contributed by atoms with van der Waals surface area (Å²) in [4.78, 5) is 15.3. The average molecular weight is 260 g/mol. The number of carbonyl (C=O) groups is 1. The quantitative estimate of drug-likeness (QED) is 0.897. The van der Waals surface area contributed by atoms with Crippen molar-refractivity contribution in [1.29, 1.82) is 0 Å². The van der Waals surface area contributed by atoms with Gasteiger partial charge in [0.1, 0.15) is 5.82 Å². The monoisotopic (exact) mass is 260 g/mol. The summed E-state index contributed by atoms with van der Waals surface area (Å²) in [6, 6.07) is 6.59. The van der Waals surface area contributed by atoms with E-state index in [1.54, 1.807) is 0 Å². The molecule has 2 aromatic rings. The van der Waals surface area contributed by atoms with Gasteiger partial charge in [0.25, 0.3) is 0 Å². The lowest BCUT2D eigenvalue weighted by molar-refractivity contribution is -0.137. The van der Waals surface area contributed by atoms with Crippen LogP contribution in [-0.2, 0) is 11.2 Å². The molecule has 0 aliphatic heterocycles. The Hall–Kier alpha value is -1.84. The average Bonchev–Trinajstić information content (AvgIpc) is 2.65. The second-order valence-electron chi connectivity index (χ2n) is 5.23. The van der Waals surface area contributed by atoms with Crippen molar-refractivity contribution in [2.24, 2.45) is 0 Å². The highest BCUT2D eigenvalue weighted by atomic mass is 16.4. The van der Waals surface area contributed by atoms with Gasteiger partial charge in [0, 0.05) is 18.9 Å². The Kier molecular flexibility index (Phi) is 3.88. The number of rotatable bonds is 5. The third-order valence-corrected chi connectivity index (χ3v) is 3.23. The molecule has 0 saturated heterocycles. The van der Waals surface area contributed by atoms with Crippen molar-refractivity contribution in [3.63, 3.8) is 0 Å². The number of carboxylic acids is 1. The van der Waals surface area contributed by atoms with Crippen molar-refractivity contribution in [3.05, 3.63) is 29.6 Å². The molecule has 1 heterocycles. The van der Waals surface area contributed by atoms with E-state index in [1.165, 1.54) is 5.56 Å². The zero-order chi connectivity index (χ0) is 14.0. The van der Waals surface area contributed by atoms with Crippen molar-refractivity contribution in [2.45, 2.75) is 46.1 Å². The lowest BCUT2D eigenvalue weighted by Crippen LogP contribution is -2.07. The predicted octanol–water partition coefficient (Wildman–Crippen LogP) is 3.33. The normalized spacial score (nSPS) is 11.4. The van der Waals surface area contributed by atoms with E-state index in [0.29, 0.717) is 18.9 Å². The predicted molar refractivity (Wildman–Crippen MR) is 75.4 cm³/mol. The maximum atomic E-state index is 10.6. The van der Waals surface area contributed by atoms with Crippen LogP contribution >= 0.6 is 0 Å². The summed E-state index contributed by atoms with van der Waals surface area (Å²) in [7, 11) is 0. The fourth-order valence-electron chi connectivity index (χ4n) is 2.41. The van der Waals surface area contributed by atoms with E-state index in [9.17, 15) is 4.79 Å². The Morgan fingerprint density at radius 1 is 1.42 bits per heavy atom. The lowest BCUT2D eigenvalue weighted by atomic mass is 10.2. The fraction of sp³-hybridized carbons (Fsp3) is 0.467. The van der Waals surface area contributed by atoms with Gasteiger partial charge in [-0.15, -0.1) is 0 Å². The van der Waals surface area contributed by atoms with Crippen LogP contribution in [0, 0.1) is 6.92 Å². The Morgan fingerprint density at radius 3 is 2.79 bits per heavy atom. The van der Waals surface area contributed by atoms with Crippen molar-refractivity contribution < 1.29 is 9.90 Å². The summed E-state index contributed by atoms with van der Waals surface area (Å²) in [6.45, 7) is 6.31. The van der Waals surface area contributed by atoms with Crippen molar-refractivity contribution in [2.75, 3.05) is 0 Å². The van der Waals surface area contributed by atoms with Gasteiger partial charge < -0.3 is 9.67 Å². The van der Waals surface area contributed by atoms with Crippen molar-refractivity contribution >= 4 is 17.0 Å². The molecule has 19 heavy (non-hydrogen) atoms. The van der Waals surface area contributed by atoms with Crippen LogP contribution in [-0.4, -0.2) is 20.6 Å². The number of aryl methyl sites for hydroxylation is 2. The van der Waals surface area contributed by atoms with Crippen LogP contribution < -0.4 is 0 Å². The minimum atomic E-state index is -0.747. The summed E-state index contributed by atoms with van der Waals surface area (Å²) in [6.07, 6.45) is 1.53. The van der Waals surface area contributed by atoms with E-state index in [1.807, 2.05) is 0 Å². The molecule has 0 amide bonds. The largest absolute Gasteiger partial charge is 0.481 e. The Morgan fingerprint density at radius 2 is 2.16 bits per heavy atom. The number of aliphatic carboxylic acids is 1. The van der Waals surface area contributed by atoms with Crippen LogP contribution in [0.4, 0.5) is 0 Å². The maximum absolute atomic E-state index is 10.6.